The Morgan fingerprint density at radius 1 is 0.929 bits per heavy atom. The Labute approximate surface area is 162 Å². The molecule has 0 spiro atoms. The molecule has 7 nitrogen and oxygen atoms in total. The zero-order valence-corrected chi connectivity index (χ0v) is 15.6. The van der Waals surface area contributed by atoms with E-state index in [1.54, 1.807) is 36.5 Å². The number of carbonyl (C=O) groups excluding carboxylic acids is 3. The second-order valence-corrected chi connectivity index (χ2v) is 6.27. The molecule has 1 heterocycles. The van der Waals surface area contributed by atoms with Crippen molar-refractivity contribution in [3.63, 3.8) is 0 Å². The standard InChI is InChI=1S/C21H20N4O3/c1-14(26)23-17-8-4-9-18(12-17)24-20(28)13-25(15(2)27)19-10-3-6-16-7-5-11-22-21(16)19/h3-12H,13H2,1-2H3,(H,23,26)(H,24,28). The third kappa shape index (κ3) is 4.50. The lowest BCUT2D eigenvalue weighted by Crippen LogP contribution is -2.36. The van der Waals surface area contributed by atoms with Crippen molar-refractivity contribution in [2.24, 2.45) is 0 Å². The van der Waals surface area contributed by atoms with Gasteiger partial charge >= 0.3 is 0 Å². The van der Waals surface area contributed by atoms with Crippen LogP contribution in [0.2, 0.25) is 0 Å². The van der Waals surface area contributed by atoms with Gasteiger partial charge in [0, 0.05) is 36.8 Å². The van der Waals surface area contributed by atoms with E-state index < -0.39 is 0 Å². The van der Waals surface area contributed by atoms with Crippen LogP contribution in [0.5, 0.6) is 0 Å². The number of para-hydroxylation sites is 1. The quantitative estimate of drug-likeness (QED) is 0.715. The van der Waals surface area contributed by atoms with Crippen LogP contribution in [0.3, 0.4) is 0 Å². The van der Waals surface area contributed by atoms with E-state index in [2.05, 4.69) is 15.6 Å². The van der Waals surface area contributed by atoms with E-state index >= 15 is 0 Å². The van der Waals surface area contributed by atoms with Gasteiger partial charge in [-0.1, -0.05) is 24.3 Å². The van der Waals surface area contributed by atoms with Crippen LogP contribution >= 0.6 is 0 Å². The third-order valence-corrected chi connectivity index (χ3v) is 4.05. The van der Waals surface area contributed by atoms with Crippen molar-refractivity contribution in [3.05, 3.63) is 60.8 Å². The summed E-state index contributed by atoms with van der Waals surface area (Å²) in [6.07, 6.45) is 1.65. The van der Waals surface area contributed by atoms with Crippen molar-refractivity contribution < 1.29 is 14.4 Å². The van der Waals surface area contributed by atoms with Crippen LogP contribution in [-0.4, -0.2) is 29.3 Å². The fourth-order valence-electron chi connectivity index (χ4n) is 2.89. The Hall–Kier alpha value is -3.74. The number of hydrogen-bond donors (Lipinski definition) is 2. The lowest BCUT2D eigenvalue weighted by Gasteiger charge is -2.22. The summed E-state index contributed by atoms with van der Waals surface area (Å²) >= 11 is 0. The summed E-state index contributed by atoms with van der Waals surface area (Å²) in [5.74, 6) is -0.821. The van der Waals surface area contributed by atoms with Crippen LogP contribution in [0.25, 0.3) is 10.9 Å². The first-order chi connectivity index (χ1) is 13.4. The van der Waals surface area contributed by atoms with Crippen LogP contribution in [0.1, 0.15) is 13.8 Å². The minimum Gasteiger partial charge on any atom is -0.326 e. The molecule has 3 aromatic rings. The van der Waals surface area contributed by atoms with Crippen LogP contribution < -0.4 is 15.5 Å². The maximum atomic E-state index is 12.6. The zero-order valence-electron chi connectivity index (χ0n) is 15.6. The summed E-state index contributed by atoms with van der Waals surface area (Å²) in [6, 6.07) is 16.0. The van der Waals surface area contributed by atoms with Crippen molar-refractivity contribution in [2.75, 3.05) is 22.1 Å². The monoisotopic (exact) mass is 376 g/mol. The molecule has 3 rings (SSSR count). The summed E-state index contributed by atoms with van der Waals surface area (Å²) in [5.41, 5.74) is 2.33. The molecule has 0 unspecified atom stereocenters. The molecular formula is C21H20N4O3. The van der Waals surface area contributed by atoms with E-state index in [4.69, 9.17) is 0 Å². The largest absolute Gasteiger partial charge is 0.326 e. The summed E-state index contributed by atoms with van der Waals surface area (Å²) in [4.78, 5) is 41.7. The van der Waals surface area contributed by atoms with Crippen molar-refractivity contribution in [1.29, 1.82) is 0 Å². The normalized spacial score (nSPS) is 10.4. The maximum Gasteiger partial charge on any atom is 0.244 e. The number of nitrogens with one attached hydrogen (secondary N) is 2. The summed E-state index contributed by atoms with van der Waals surface area (Å²) < 4.78 is 0. The molecule has 0 aliphatic heterocycles. The van der Waals surface area contributed by atoms with Gasteiger partial charge in [-0.3, -0.25) is 19.4 Å². The first-order valence-corrected chi connectivity index (χ1v) is 8.73. The van der Waals surface area contributed by atoms with Crippen molar-refractivity contribution in [2.45, 2.75) is 13.8 Å². The van der Waals surface area contributed by atoms with Gasteiger partial charge in [-0.05, 0) is 30.3 Å². The summed E-state index contributed by atoms with van der Waals surface area (Å²) in [7, 11) is 0. The van der Waals surface area contributed by atoms with E-state index in [9.17, 15) is 14.4 Å². The Balaban J connectivity index is 1.80. The van der Waals surface area contributed by atoms with Crippen LogP contribution in [0.15, 0.2) is 60.8 Å². The Kier molecular flexibility index (Phi) is 5.64. The van der Waals surface area contributed by atoms with E-state index in [0.29, 0.717) is 22.6 Å². The molecule has 2 N–H and O–H groups in total. The second kappa shape index (κ2) is 8.30. The Morgan fingerprint density at radius 2 is 1.61 bits per heavy atom. The fraction of sp³-hybridized carbons (Fsp3) is 0.143. The first kappa shape index (κ1) is 19.0. The SMILES string of the molecule is CC(=O)Nc1cccc(NC(=O)CN(C(C)=O)c2cccc3cccnc23)c1. The van der Waals surface area contributed by atoms with Gasteiger partial charge in [-0.2, -0.15) is 0 Å². The molecule has 0 saturated carbocycles. The van der Waals surface area contributed by atoms with E-state index in [0.717, 1.165) is 5.39 Å². The van der Waals surface area contributed by atoms with Crippen molar-refractivity contribution >= 4 is 45.7 Å². The predicted octanol–water partition coefficient (Wildman–Crippen LogP) is 3.18. The zero-order chi connectivity index (χ0) is 20.1. The third-order valence-electron chi connectivity index (χ3n) is 4.05. The molecule has 2 aromatic carbocycles. The van der Waals surface area contributed by atoms with E-state index in [1.807, 2.05) is 24.3 Å². The summed E-state index contributed by atoms with van der Waals surface area (Å²) in [5, 5.41) is 6.30. The van der Waals surface area contributed by atoms with Crippen molar-refractivity contribution in [1.82, 2.24) is 4.98 Å². The number of carbonyl (C=O) groups is 3. The van der Waals surface area contributed by atoms with Gasteiger partial charge in [-0.15, -0.1) is 0 Å². The smallest absolute Gasteiger partial charge is 0.244 e. The molecule has 0 aliphatic rings. The van der Waals surface area contributed by atoms with Crippen LogP contribution in [0, 0.1) is 0 Å². The number of nitrogens with zero attached hydrogens (tertiary/aromatic N) is 2. The van der Waals surface area contributed by atoms with Crippen LogP contribution in [0.4, 0.5) is 17.1 Å². The molecule has 1 aromatic heterocycles. The average Bonchev–Trinajstić information content (AvgIpc) is 2.65. The number of aromatic nitrogens is 1. The number of benzene rings is 2. The Bertz CT molecular complexity index is 1040. The number of anilines is 3. The minimum absolute atomic E-state index is 0.157. The van der Waals surface area contributed by atoms with Gasteiger partial charge in [0.15, 0.2) is 0 Å². The highest BCUT2D eigenvalue weighted by atomic mass is 16.2. The number of amides is 3. The Morgan fingerprint density at radius 3 is 2.32 bits per heavy atom. The molecule has 0 atom stereocenters. The van der Waals surface area contributed by atoms with Gasteiger partial charge in [0.2, 0.25) is 17.7 Å². The first-order valence-electron chi connectivity index (χ1n) is 8.73. The molecule has 3 amide bonds. The van der Waals surface area contributed by atoms with E-state index in [1.165, 1.54) is 18.7 Å². The highest BCUT2D eigenvalue weighted by Gasteiger charge is 2.18. The van der Waals surface area contributed by atoms with Gasteiger partial charge < -0.3 is 15.5 Å². The molecule has 0 radical (unpaired) electrons. The molecule has 0 fully saturated rings. The van der Waals surface area contributed by atoms with Gasteiger partial charge in [0.25, 0.3) is 0 Å². The average molecular weight is 376 g/mol. The number of fused-ring (bicyclic) bond motifs is 1. The lowest BCUT2D eigenvalue weighted by atomic mass is 10.1. The highest BCUT2D eigenvalue weighted by Crippen LogP contribution is 2.25. The van der Waals surface area contributed by atoms with E-state index in [-0.39, 0.29) is 24.3 Å². The molecule has 0 bridgehead atoms. The molecule has 28 heavy (non-hydrogen) atoms. The van der Waals surface area contributed by atoms with Gasteiger partial charge in [-0.25, -0.2) is 0 Å². The fourth-order valence-corrected chi connectivity index (χ4v) is 2.89. The van der Waals surface area contributed by atoms with Crippen LogP contribution in [-0.2, 0) is 14.4 Å². The topological polar surface area (TPSA) is 91.4 Å². The second-order valence-electron chi connectivity index (χ2n) is 6.27. The highest BCUT2D eigenvalue weighted by molar-refractivity contribution is 6.06. The maximum absolute atomic E-state index is 12.6. The lowest BCUT2D eigenvalue weighted by molar-refractivity contribution is -0.120. The number of hydrogen-bond acceptors (Lipinski definition) is 4. The number of rotatable bonds is 5. The molecular weight excluding hydrogens is 356 g/mol. The van der Waals surface area contributed by atoms with Gasteiger partial charge in [0.1, 0.15) is 6.54 Å². The minimum atomic E-state index is -0.358. The van der Waals surface area contributed by atoms with Crippen molar-refractivity contribution in [3.8, 4) is 0 Å². The number of pyridine rings is 1. The molecule has 0 saturated heterocycles. The molecule has 142 valence electrons. The summed E-state index contributed by atoms with van der Waals surface area (Å²) in [6.45, 7) is 2.66. The van der Waals surface area contributed by atoms with Gasteiger partial charge in [0.05, 0.1) is 11.2 Å². The molecule has 0 aliphatic carbocycles. The molecule has 7 heteroatoms. The predicted molar refractivity (Wildman–Crippen MR) is 109 cm³/mol.